The number of rotatable bonds is 3. The van der Waals surface area contributed by atoms with Crippen molar-refractivity contribution in [1.29, 1.82) is 0 Å². The Kier molecular flexibility index (Phi) is 2.68. The highest BCUT2D eigenvalue weighted by molar-refractivity contribution is 5.82. The molecular weight excluding hydrogens is 226 g/mol. The zero-order valence-corrected chi connectivity index (χ0v) is 10.1. The van der Waals surface area contributed by atoms with Crippen molar-refractivity contribution >= 4 is 10.9 Å². The minimum atomic E-state index is 0.612. The third-order valence-corrected chi connectivity index (χ3v) is 2.88. The van der Waals surface area contributed by atoms with Gasteiger partial charge >= 0.3 is 0 Å². The maximum absolute atomic E-state index is 5.29. The molecule has 2 heterocycles. The predicted octanol–water partition coefficient (Wildman–Crippen LogP) is 2.49. The Morgan fingerprint density at radius 3 is 2.78 bits per heavy atom. The SMILES string of the molecule is COc1nccc2cnn(Cc3ccccc3)c12. The molecule has 4 nitrogen and oxygen atoms in total. The van der Waals surface area contributed by atoms with Gasteiger partial charge in [0.1, 0.15) is 5.52 Å². The Hall–Kier alpha value is -2.36. The molecule has 0 aliphatic rings. The van der Waals surface area contributed by atoms with Crippen molar-refractivity contribution in [2.24, 2.45) is 0 Å². The smallest absolute Gasteiger partial charge is 0.239 e. The van der Waals surface area contributed by atoms with Gasteiger partial charge in [-0.15, -0.1) is 0 Å². The lowest BCUT2D eigenvalue weighted by atomic mass is 10.2. The molecule has 0 aliphatic heterocycles. The predicted molar refractivity (Wildman–Crippen MR) is 69.6 cm³/mol. The Bertz CT molecular complexity index is 661. The highest BCUT2D eigenvalue weighted by Gasteiger charge is 2.09. The molecule has 0 saturated heterocycles. The van der Waals surface area contributed by atoms with Crippen LogP contribution >= 0.6 is 0 Å². The average Bonchev–Trinajstić information content (AvgIpc) is 2.83. The Morgan fingerprint density at radius 1 is 1.17 bits per heavy atom. The van der Waals surface area contributed by atoms with Crippen molar-refractivity contribution in [3.63, 3.8) is 0 Å². The van der Waals surface area contributed by atoms with Crippen LogP contribution in [0.4, 0.5) is 0 Å². The van der Waals surface area contributed by atoms with Gasteiger partial charge in [0, 0.05) is 11.6 Å². The van der Waals surface area contributed by atoms with Gasteiger partial charge in [-0.05, 0) is 11.6 Å². The third-order valence-electron chi connectivity index (χ3n) is 2.88. The van der Waals surface area contributed by atoms with E-state index >= 15 is 0 Å². The van der Waals surface area contributed by atoms with Crippen LogP contribution in [0.2, 0.25) is 0 Å². The molecule has 0 saturated carbocycles. The van der Waals surface area contributed by atoms with Crippen molar-refractivity contribution < 1.29 is 4.74 Å². The lowest BCUT2D eigenvalue weighted by Crippen LogP contribution is -2.02. The van der Waals surface area contributed by atoms with Gasteiger partial charge in [0.2, 0.25) is 5.88 Å². The highest BCUT2D eigenvalue weighted by atomic mass is 16.5. The van der Waals surface area contributed by atoms with Crippen molar-refractivity contribution in [2.75, 3.05) is 7.11 Å². The first kappa shape index (κ1) is 10.8. The number of hydrogen-bond donors (Lipinski definition) is 0. The van der Waals surface area contributed by atoms with E-state index in [1.165, 1.54) is 5.56 Å². The van der Waals surface area contributed by atoms with Crippen molar-refractivity contribution in [2.45, 2.75) is 6.54 Å². The summed E-state index contributed by atoms with van der Waals surface area (Å²) in [6, 6.07) is 12.2. The molecule has 0 N–H and O–H groups in total. The minimum absolute atomic E-state index is 0.612. The second-order valence-corrected chi connectivity index (χ2v) is 4.05. The van der Waals surface area contributed by atoms with Crippen molar-refractivity contribution in [3.05, 3.63) is 54.4 Å². The lowest BCUT2D eigenvalue weighted by Gasteiger charge is -2.06. The molecule has 2 aromatic heterocycles. The fraction of sp³-hybridized carbons (Fsp3) is 0.143. The van der Waals surface area contributed by atoms with E-state index in [2.05, 4.69) is 22.2 Å². The van der Waals surface area contributed by atoms with Crippen LogP contribution in [0.15, 0.2) is 48.8 Å². The van der Waals surface area contributed by atoms with E-state index in [0.29, 0.717) is 12.4 Å². The molecule has 0 atom stereocenters. The van der Waals surface area contributed by atoms with E-state index in [-0.39, 0.29) is 0 Å². The first-order valence-corrected chi connectivity index (χ1v) is 5.77. The maximum Gasteiger partial charge on any atom is 0.239 e. The molecule has 0 bridgehead atoms. The van der Waals surface area contributed by atoms with Crippen LogP contribution in [0.3, 0.4) is 0 Å². The first-order valence-electron chi connectivity index (χ1n) is 5.77. The number of aromatic nitrogens is 3. The number of hydrogen-bond acceptors (Lipinski definition) is 3. The largest absolute Gasteiger partial charge is 0.479 e. The van der Waals surface area contributed by atoms with Gasteiger partial charge in [-0.1, -0.05) is 30.3 Å². The van der Waals surface area contributed by atoms with Crippen LogP contribution < -0.4 is 4.74 Å². The first-order chi connectivity index (χ1) is 8.88. The minimum Gasteiger partial charge on any atom is -0.479 e. The molecule has 18 heavy (non-hydrogen) atoms. The van der Waals surface area contributed by atoms with Crippen LogP contribution in [-0.4, -0.2) is 21.9 Å². The fourth-order valence-electron chi connectivity index (χ4n) is 2.03. The second kappa shape index (κ2) is 4.49. The number of pyridine rings is 1. The molecule has 0 unspecified atom stereocenters. The van der Waals surface area contributed by atoms with Crippen LogP contribution in [0.5, 0.6) is 5.88 Å². The molecular formula is C14H13N3O. The summed E-state index contributed by atoms with van der Waals surface area (Å²) in [6.45, 7) is 0.715. The van der Waals surface area contributed by atoms with E-state index in [1.807, 2.05) is 35.1 Å². The van der Waals surface area contributed by atoms with E-state index in [9.17, 15) is 0 Å². The molecule has 0 radical (unpaired) electrons. The van der Waals surface area contributed by atoms with Gasteiger partial charge in [-0.2, -0.15) is 5.10 Å². The molecule has 3 rings (SSSR count). The fourth-order valence-corrected chi connectivity index (χ4v) is 2.03. The third kappa shape index (κ3) is 1.82. The van der Waals surface area contributed by atoms with Crippen molar-refractivity contribution in [1.82, 2.24) is 14.8 Å². The summed E-state index contributed by atoms with van der Waals surface area (Å²) in [5, 5.41) is 5.44. The summed E-state index contributed by atoms with van der Waals surface area (Å²) in [5.74, 6) is 0.612. The van der Waals surface area contributed by atoms with Crippen LogP contribution in [0.1, 0.15) is 5.56 Å². The Labute approximate surface area is 105 Å². The van der Waals surface area contributed by atoms with Gasteiger partial charge in [0.15, 0.2) is 0 Å². The quantitative estimate of drug-likeness (QED) is 0.705. The lowest BCUT2D eigenvalue weighted by molar-refractivity contribution is 0.400. The van der Waals surface area contributed by atoms with E-state index < -0.39 is 0 Å². The molecule has 0 amide bonds. The summed E-state index contributed by atoms with van der Waals surface area (Å²) in [5.41, 5.74) is 2.14. The van der Waals surface area contributed by atoms with Gasteiger partial charge in [-0.25, -0.2) is 4.98 Å². The number of benzene rings is 1. The zero-order valence-electron chi connectivity index (χ0n) is 10.1. The summed E-state index contributed by atoms with van der Waals surface area (Å²) in [4.78, 5) is 4.22. The summed E-state index contributed by atoms with van der Waals surface area (Å²) in [6.07, 6.45) is 3.57. The summed E-state index contributed by atoms with van der Waals surface area (Å²) >= 11 is 0. The molecule has 4 heteroatoms. The summed E-state index contributed by atoms with van der Waals surface area (Å²) in [7, 11) is 1.63. The van der Waals surface area contributed by atoms with E-state index in [0.717, 1.165) is 10.9 Å². The van der Waals surface area contributed by atoms with Crippen LogP contribution in [0, 0.1) is 0 Å². The number of nitrogens with zero attached hydrogens (tertiary/aromatic N) is 3. The standard InChI is InChI=1S/C14H13N3O/c1-18-14-13-12(7-8-15-14)9-16-17(13)10-11-5-3-2-4-6-11/h2-9H,10H2,1H3. The number of ether oxygens (including phenoxy) is 1. The van der Waals surface area contributed by atoms with Gasteiger partial charge in [0.05, 0.1) is 19.9 Å². The van der Waals surface area contributed by atoms with Crippen molar-refractivity contribution in [3.8, 4) is 5.88 Å². The molecule has 3 aromatic rings. The normalized spacial score (nSPS) is 10.7. The highest BCUT2D eigenvalue weighted by Crippen LogP contribution is 2.22. The number of fused-ring (bicyclic) bond motifs is 1. The van der Waals surface area contributed by atoms with E-state index in [4.69, 9.17) is 4.74 Å². The van der Waals surface area contributed by atoms with Gasteiger partial charge < -0.3 is 4.74 Å². The van der Waals surface area contributed by atoms with Crippen LogP contribution in [-0.2, 0) is 6.54 Å². The maximum atomic E-state index is 5.29. The van der Waals surface area contributed by atoms with Gasteiger partial charge in [-0.3, -0.25) is 4.68 Å². The summed E-state index contributed by atoms with van der Waals surface area (Å²) < 4.78 is 7.21. The monoisotopic (exact) mass is 239 g/mol. The topological polar surface area (TPSA) is 39.9 Å². The zero-order chi connectivity index (χ0) is 12.4. The number of methoxy groups -OCH3 is 1. The Balaban J connectivity index is 2.07. The average molecular weight is 239 g/mol. The van der Waals surface area contributed by atoms with Crippen LogP contribution in [0.25, 0.3) is 10.9 Å². The van der Waals surface area contributed by atoms with Gasteiger partial charge in [0.25, 0.3) is 0 Å². The second-order valence-electron chi connectivity index (χ2n) is 4.05. The molecule has 1 aromatic carbocycles. The molecule has 90 valence electrons. The Morgan fingerprint density at radius 2 is 2.00 bits per heavy atom. The molecule has 0 spiro atoms. The molecule has 0 aliphatic carbocycles. The van der Waals surface area contributed by atoms with E-state index in [1.54, 1.807) is 13.3 Å². The molecule has 0 fully saturated rings.